The first kappa shape index (κ1) is 19.8. The molecule has 0 spiro atoms. The first-order valence-electron chi connectivity index (χ1n) is 7.73. The zero-order valence-electron chi connectivity index (χ0n) is 13.3. The molecule has 0 bridgehead atoms. The zero-order valence-corrected chi connectivity index (χ0v) is 13.3. The normalized spacial score (nSPS) is 32.2. The molecule has 1 fully saturated rings. The number of hydrogen-bond donors (Lipinski definition) is 5. The van der Waals surface area contributed by atoms with E-state index in [1.165, 1.54) is 0 Å². The molecule has 1 saturated heterocycles. The van der Waals surface area contributed by atoms with Crippen molar-refractivity contribution < 1.29 is 34.4 Å². The minimum atomic E-state index is -1.54. The van der Waals surface area contributed by atoms with Crippen molar-refractivity contribution in [2.75, 3.05) is 6.61 Å². The number of carbonyl (C=O) groups excluding carboxylic acids is 2. The number of carbonyl (C=O) groups is 2. The van der Waals surface area contributed by atoms with Crippen molar-refractivity contribution in [2.24, 2.45) is 5.73 Å². The summed E-state index contributed by atoms with van der Waals surface area (Å²) in [7, 11) is 0. The molecule has 0 aliphatic carbocycles. The molecule has 6 atom stereocenters. The number of amides is 1. The van der Waals surface area contributed by atoms with E-state index in [9.17, 15) is 24.9 Å². The molecular formula is C14H26N2O7. The van der Waals surface area contributed by atoms with Crippen molar-refractivity contribution in [3.8, 4) is 0 Å². The molecule has 1 aliphatic rings. The van der Waals surface area contributed by atoms with Crippen molar-refractivity contribution in [1.82, 2.24) is 5.32 Å². The Hall–Kier alpha value is -1.26. The molecule has 6 N–H and O–H groups in total. The van der Waals surface area contributed by atoms with Crippen LogP contribution in [0, 0.1) is 0 Å². The van der Waals surface area contributed by atoms with Crippen molar-refractivity contribution in [3.05, 3.63) is 0 Å². The Balaban J connectivity index is 2.92. The average Bonchev–Trinajstić information content (AvgIpc) is 2.52. The molecule has 0 aromatic rings. The van der Waals surface area contributed by atoms with Gasteiger partial charge in [-0.15, -0.1) is 0 Å². The van der Waals surface area contributed by atoms with Crippen LogP contribution in [0.3, 0.4) is 0 Å². The van der Waals surface area contributed by atoms with E-state index < -0.39 is 49.3 Å². The van der Waals surface area contributed by atoms with Crippen LogP contribution in [0.5, 0.6) is 0 Å². The van der Waals surface area contributed by atoms with Gasteiger partial charge in [0.15, 0.2) is 12.4 Å². The van der Waals surface area contributed by atoms with Crippen LogP contribution >= 0.6 is 0 Å². The number of esters is 1. The lowest BCUT2D eigenvalue weighted by Crippen LogP contribution is -2.65. The van der Waals surface area contributed by atoms with Gasteiger partial charge in [0.2, 0.25) is 5.91 Å². The number of aliphatic hydroxyl groups is 3. The standard InChI is InChI=1S/C14H26N2O7/c1-3-5-9(18)16-10-12(23-13(20)7(15)4-2)11(19)8(6-17)22-14(10)21/h7-8,10-12,14,17,19,21H,3-6,15H2,1-2H3,(H,16,18)/t7-,8+,10+,11+,12+,14?/m0/s1. The van der Waals surface area contributed by atoms with E-state index in [0.717, 1.165) is 0 Å². The summed E-state index contributed by atoms with van der Waals surface area (Å²) in [5.41, 5.74) is 5.59. The Morgan fingerprint density at radius 3 is 2.52 bits per heavy atom. The number of nitrogens with two attached hydrogens (primary N) is 1. The number of nitrogens with one attached hydrogen (secondary N) is 1. The van der Waals surface area contributed by atoms with E-state index >= 15 is 0 Å². The van der Waals surface area contributed by atoms with Gasteiger partial charge in [-0.3, -0.25) is 9.59 Å². The van der Waals surface area contributed by atoms with Gasteiger partial charge < -0.3 is 35.8 Å². The number of hydrogen-bond acceptors (Lipinski definition) is 8. The summed E-state index contributed by atoms with van der Waals surface area (Å²) in [5, 5.41) is 31.9. The molecule has 1 aliphatic heterocycles. The summed E-state index contributed by atoms with van der Waals surface area (Å²) < 4.78 is 10.2. The first-order valence-corrected chi connectivity index (χ1v) is 7.73. The summed E-state index contributed by atoms with van der Waals surface area (Å²) in [6.45, 7) is 2.92. The van der Waals surface area contributed by atoms with Gasteiger partial charge in [0.25, 0.3) is 0 Å². The van der Waals surface area contributed by atoms with Crippen LogP contribution < -0.4 is 11.1 Å². The van der Waals surface area contributed by atoms with Crippen LogP contribution in [-0.2, 0) is 19.1 Å². The van der Waals surface area contributed by atoms with Gasteiger partial charge in [-0.25, -0.2) is 0 Å². The Bertz CT molecular complexity index is 407. The molecule has 1 amide bonds. The van der Waals surface area contributed by atoms with Crippen LogP contribution in [-0.4, -0.2) is 70.5 Å². The molecule has 0 saturated carbocycles. The highest BCUT2D eigenvalue weighted by atomic mass is 16.6. The molecule has 0 radical (unpaired) electrons. The second kappa shape index (κ2) is 9.14. The lowest BCUT2D eigenvalue weighted by Gasteiger charge is -2.42. The predicted octanol–water partition coefficient (Wildman–Crippen LogP) is -2.01. The summed E-state index contributed by atoms with van der Waals surface area (Å²) in [6, 6.07) is -2.04. The topological polar surface area (TPSA) is 151 Å². The van der Waals surface area contributed by atoms with Gasteiger partial charge in [-0.2, -0.15) is 0 Å². The fraction of sp³-hybridized carbons (Fsp3) is 0.857. The fourth-order valence-corrected chi connectivity index (χ4v) is 2.25. The fourth-order valence-electron chi connectivity index (χ4n) is 2.25. The van der Waals surface area contributed by atoms with Crippen molar-refractivity contribution in [3.63, 3.8) is 0 Å². The lowest BCUT2D eigenvalue weighted by molar-refractivity contribution is -0.259. The van der Waals surface area contributed by atoms with Gasteiger partial charge >= 0.3 is 5.97 Å². The minimum absolute atomic E-state index is 0.206. The lowest BCUT2D eigenvalue weighted by atomic mass is 9.96. The van der Waals surface area contributed by atoms with E-state index in [0.29, 0.717) is 12.8 Å². The highest BCUT2D eigenvalue weighted by molar-refractivity contribution is 5.77. The van der Waals surface area contributed by atoms with E-state index in [1.807, 2.05) is 6.92 Å². The Kier molecular flexibility index (Phi) is 7.86. The second-order valence-electron chi connectivity index (χ2n) is 5.50. The highest BCUT2D eigenvalue weighted by Crippen LogP contribution is 2.23. The van der Waals surface area contributed by atoms with Gasteiger partial charge in [-0.1, -0.05) is 13.8 Å². The summed E-state index contributed by atoms with van der Waals surface area (Å²) in [5.74, 6) is -1.15. The molecule has 0 aromatic carbocycles. The largest absolute Gasteiger partial charge is 0.456 e. The van der Waals surface area contributed by atoms with Crippen LogP contribution in [0.2, 0.25) is 0 Å². The monoisotopic (exact) mass is 334 g/mol. The Morgan fingerprint density at radius 1 is 1.35 bits per heavy atom. The molecule has 1 rings (SSSR count). The van der Waals surface area contributed by atoms with Crippen LogP contribution in [0.25, 0.3) is 0 Å². The molecule has 0 aromatic heterocycles. The van der Waals surface area contributed by atoms with Crippen molar-refractivity contribution >= 4 is 11.9 Å². The van der Waals surface area contributed by atoms with E-state index in [2.05, 4.69) is 5.32 Å². The van der Waals surface area contributed by atoms with Crippen LogP contribution in [0.15, 0.2) is 0 Å². The van der Waals surface area contributed by atoms with Crippen LogP contribution in [0.1, 0.15) is 33.1 Å². The van der Waals surface area contributed by atoms with Gasteiger partial charge in [0, 0.05) is 6.42 Å². The SMILES string of the molecule is CCCC(=O)N[C@H]1C(O)O[C@H](CO)[C@@H](O)[C@@H]1OC(=O)[C@@H](N)CC. The van der Waals surface area contributed by atoms with Crippen molar-refractivity contribution in [2.45, 2.75) is 69.8 Å². The highest BCUT2D eigenvalue weighted by Gasteiger charge is 2.47. The van der Waals surface area contributed by atoms with Gasteiger partial charge in [0.1, 0.15) is 24.3 Å². The zero-order chi connectivity index (χ0) is 17.6. The number of aliphatic hydroxyl groups excluding tert-OH is 3. The Morgan fingerprint density at radius 2 is 2.00 bits per heavy atom. The molecule has 134 valence electrons. The number of rotatable bonds is 7. The summed E-state index contributed by atoms with van der Waals surface area (Å²) >= 11 is 0. The predicted molar refractivity (Wildman–Crippen MR) is 79.0 cm³/mol. The van der Waals surface area contributed by atoms with Crippen LogP contribution in [0.4, 0.5) is 0 Å². The van der Waals surface area contributed by atoms with E-state index in [4.69, 9.17) is 15.2 Å². The molecule has 23 heavy (non-hydrogen) atoms. The van der Waals surface area contributed by atoms with E-state index in [1.54, 1.807) is 6.92 Å². The quantitative estimate of drug-likeness (QED) is 0.335. The minimum Gasteiger partial charge on any atom is -0.456 e. The average molecular weight is 334 g/mol. The first-order chi connectivity index (χ1) is 10.8. The maximum absolute atomic E-state index is 11.9. The molecule has 9 nitrogen and oxygen atoms in total. The smallest absolute Gasteiger partial charge is 0.323 e. The third kappa shape index (κ3) is 5.11. The third-order valence-electron chi connectivity index (χ3n) is 3.67. The van der Waals surface area contributed by atoms with Crippen molar-refractivity contribution in [1.29, 1.82) is 0 Å². The maximum Gasteiger partial charge on any atom is 0.323 e. The molecule has 9 heteroatoms. The van der Waals surface area contributed by atoms with E-state index in [-0.39, 0.29) is 12.3 Å². The summed E-state index contributed by atoms with van der Waals surface area (Å²) in [4.78, 5) is 23.7. The second-order valence-corrected chi connectivity index (χ2v) is 5.50. The molecule has 1 unspecified atom stereocenters. The third-order valence-corrected chi connectivity index (χ3v) is 3.67. The Labute approximate surface area is 134 Å². The van der Waals surface area contributed by atoms with Gasteiger partial charge in [-0.05, 0) is 12.8 Å². The maximum atomic E-state index is 11.9. The summed E-state index contributed by atoms with van der Waals surface area (Å²) in [6.07, 6.45) is -4.24. The number of ether oxygens (including phenoxy) is 2. The molecule has 1 heterocycles. The molecular weight excluding hydrogens is 308 g/mol. The van der Waals surface area contributed by atoms with Gasteiger partial charge in [0.05, 0.1) is 6.61 Å².